The molecule has 1 aromatic carbocycles. The van der Waals surface area contributed by atoms with Crippen LogP contribution in [0, 0.1) is 5.92 Å². The van der Waals surface area contributed by atoms with Crippen LogP contribution >= 0.6 is 0 Å². The summed E-state index contributed by atoms with van der Waals surface area (Å²) in [7, 11) is 0. The first-order chi connectivity index (χ1) is 13.4. The highest BCUT2D eigenvalue weighted by Gasteiger charge is 2.15. The van der Waals surface area contributed by atoms with Gasteiger partial charge in [-0.1, -0.05) is 13.8 Å². The van der Waals surface area contributed by atoms with Crippen molar-refractivity contribution in [3.8, 4) is 22.9 Å². The maximum Gasteiger partial charge on any atom is 0.313 e. The second-order valence-electron chi connectivity index (χ2n) is 6.28. The number of H-pyrrole nitrogens is 1. The van der Waals surface area contributed by atoms with E-state index in [0.717, 1.165) is 5.56 Å². The number of aromatic nitrogens is 4. The first-order valence-corrected chi connectivity index (χ1v) is 8.58. The van der Waals surface area contributed by atoms with E-state index in [4.69, 9.17) is 4.74 Å². The summed E-state index contributed by atoms with van der Waals surface area (Å²) in [5.41, 5.74) is 0.853. The van der Waals surface area contributed by atoms with Crippen LogP contribution in [0.4, 0.5) is 0 Å². The molecule has 2 heterocycles. The number of phenolic OH excluding ortho intramolecular Hbond substituents is 1. The molecular formula is C19H19N5O4. The van der Waals surface area contributed by atoms with E-state index >= 15 is 0 Å². The normalized spacial score (nSPS) is 10.7. The summed E-state index contributed by atoms with van der Waals surface area (Å²) in [6, 6.07) is 7.61. The number of hydrogen-bond donors (Lipinski definition) is 3. The van der Waals surface area contributed by atoms with Crippen molar-refractivity contribution < 1.29 is 19.4 Å². The van der Waals surface area contributed by atoms with Gasteiger partial charge in [0, 0.05) is 24.0 Å². The van der Waals surface area contributed by atoms with Crippen LogP contribution in [0.3, 0.4) is 0 Å². The highest BCUT2D eigenvalue weighted by molar-refractivity contribution is 5.97. The average Bonchev–Trinajstić information content (AvgIpc) is 3.16. The summed E-state index contributed by atoms with van der Waals surface area (Å²) >= 11 is 0. The number of phenols is 1. The number of carbonyl (C=O) groups is 2. The molecule has 0 saturated heterocycles. The van der Waals surface area contributed by atoms with Gasteiger partial charge in [-0.2, -0.15) is 5.10 Å². The number of nitrogens with zero attached hydrogens (tertiary/aromatic N) is 3. The smallest absolute Gasteiger partial charge is 0.313 e. The number of aromatic amines is 1. The monoisotopic (exact) mass is 381 g/mol. The van der Waals surface area contributed by atoms with Crippen LogP contribution in [-0.4, -0.2) is 37.1 Å². The summed E-state index contributed by atoms with van der Waals surface area (Å²) in [5, 5.41) is 19.6. The molecule has 144 valence electrons. The number of esters is 1. The van der Waals surface area contributed by atoms with E-state index in [9.17, 15) is 14.7 Å². The van der Waals surface area contributed by atoms with E-state index in [1.807, 2.05) is 0 Å². The molecule has 0 fully saturated rings. The highest BCUT2D eigenvalue weighted by Crippen LogP contribution is 2.24. The Kier molecular flexibility index (Phi) is 5.64. The Morgan fingerprint density at radius 1 is 1.21 bits per heavy atom. The topological polar surface area (TPSA) is 130 Å². The lowest BCUT2D eigenvalue weighted by Crippen LogP contribution is -2.23. The largest absolute Gasteiger partial charge is 0.507 e. The zero-order valence-corrected chi connectivity index (χ0v) is 15.3. The van der Waals surface area contributed by atoms with E-state index in [2.05, 4.69) is 25.5 Å². The fourth-order valence-electron chi connectivity index (χ4n) is 2.26. The van der Waals surface area contributed by atoms with Crippen LogP contribution < -0.4 is 10.1 Å². The van der Waals surface area contributed by atoms with Gasteiger partial charge < -0.3 is 15.2 Å². The van der Waals surface area contributed by atoms with Crippen LogP contribution in [0.1, 0.15) is 30.0 Å². The third-order valence-corrected chi connectivity index (χ3v) is 3.79. The Bertz CT molecular complexity index is 985. The summed E-state index contributed by atoms with van der Waals surface area (Å²) in [4.78, 5) is 32.1. The summed E-state index contributed by atoms with van der Waals surface area (Å²) in [6.45, 7) is 3.50. The van der Waals surface area contributed by atoms with E-state index in [-0.39, 0.29) is 29.5 Å². The van der Waals surface area contributed by atoms with Gasteiger partial charge in [0.2, 0.25) is 0 Å². The van der Waals surface area contributed by atoms with Crippen LogP contribution in [-0.2, 0) is 11.3 Å². The summed E-state index contributed by atoms with van der Waals surface area (Å²) < 4.78 is 5.11. The van der Waals surface area contributed by atoms with E-state index in [1.165, 1.54) is 18.2 Å². The van der Waals surface area contributed by atoms with Crippen LogP contribution in [0.25, 0.3) is 11.4 Å². The molecule has 3 aromatic rings. The van der Waals surface area contributed by atoms with Gasteiger partial charge in [0.15, 0.2) is 5.82 Å². The number of hydrogen-bond acceptors (Lipinski definition) is 7. The molecule has 0 spiro atoms. The SMILES string of the molecule is CC(C)C(=O)Oc1ccc(C(=O)NCc2nc(-c3ccncc3)n[nH]2)c(O)c1. The minimum absolute atomic E-state index is 0.0539. The van der Waals surface area contributed by atoms with Gasteiger partial charge in [-0.05, 0) is 24.3 Å². The molecule has 3 N–H and O–H groups in total. The van der Waals surface area contributed by atoms with Gasteiger partial charge in [-0.15, -0.1) is 0 Å². The number of carbonyl (C=O) groups excluding carboxylic acids is 2. The molecule has 0 bridgehead atoms. The minimum atomic E-state index is -0.499. The highest BCUT2D eigenvalue weighted by atomic mass is 16.5. The number of ether oxygens (including phenoxy) is 1. The molecule has 0 saturated carbocycles. The number of nitrogens with one attached hydrogen (secondary N) is 2. The van der Waals surface area contributed by atoms with Crippen molar-refractivity contribution in [3.63, 3.8) is 0 Å². The van der Waals surface area contributed by atoms with Crippen molar-refractivity contribution in [2.75, 3.05) is 0 Å². The average molecular weight is 381 g/mol. The number of benzene rings is 1. The quantitative estimate of drug-likeness (QED) is 0.440. The third-order valence-electron chi connectivity index (χ3n) is 3.79. The zero-order chi connectivity index (χ0) is 20.1. The minimum Gasteiger partial charge on any atom is -0.507 e. The fraction of sp³-hybridized carbons (Fsp3) is 0.211. The first kappa shape index (κ1) is 19.0. The Labute approximate surface area is 160 Å². The Hall–Kier alpha value is -3.75. The lowest BCUT2D eigenvalue weighted by atomic mass is 10.1. The van der Waals surface area contributed by atoms with Crippen molar-refractivity contribution in [2.24, 2.45) is 5.92 Å². The van der Waals surface area contributed by atoms with Crippen molar-refractivity contribution in [1.82, 2.24) is 25.5 Å². The predicted molar refractivity (Wildman–Crippen MR) is 99.4 cm³/mol. The second-order valence-corrected chi connectivity index (χ2v) is 6.28. The molecule has 0 aliphatic rings. The standard InChI is InChI=1S/C19H19N5O4/c1-11(2)19(27)28-13-3-4-14(15(25)9-13)18(26)21-10-16-22-17(24-23-16)12-5-7-20-8-6-12/h3-9,11,25H,10H2,1-2H3,(H,21,26)(H,22,23,24). The zero-order valence-electron chi connectivity index (χ0n) is 15.3. The molecule has 2 aromatic heterocycles. The van der Waals surface area contributed by atoms with Gasteiger partial charge >= 0.3 is 5.97 Å². The number of amides is 1. The van der Waals surface area contributed by atoms with Crippen molar-refractivity contribution in [1.29, 1.82) is 0 Å². The van der Waals surface area contributed by atoms with Crippen molar-refractivity contribution in [2.45, 2.75) is 20.4 Å². The molecule has 28 heavy (non-hydrogen) atoms. The van der Waals surface area contributed by atoms with Crippen molar-refractivity contribution >= 4 is 11.9 Å². The third kappa shape index (κ3) is 4.50. The van der Waals surface area contributed by atoms with Crippen LogP contribution in [0.2, 0.25) is 0 Å². The van der Waals surface area contributed by atoms with Crippen LogP contribution in [0.15, 0.2) is 42.7 Å². The second kappa shape index (κ2) is 8.30. The Morgan fingerprint density at radius 2 is 1.96 bits per heavy atom. The Morgan fingerprint density at radius 3 is 2.64 bits per heavy atom. The lowest BCUT2D eigenvalue weighted by molar-refractivity contribution is -0.137. The molecule has 0 atom stereocenters. The molecule has 9 heteroatoms. The number of rotatable bonds is 6. The van der Waals surface area contributed by atoms with Crippen molar-refractivity contribution in [3.05, 3.63) is 54.1 Å². The van der Waals surface area contributed by atoms with Gasteiger partial charge in [0.25, 0.3) is 5.91 Å². The summed E-state index contributed by atoms with van der Waals surface area (Å²) in [5.74, 6) is -0.392. The number of aromatic hydroxyl groups is 1. The van der Waals surface area contributed by atoms with Gasteiger partial charge in [-0.3, -0.25) is 19.7 Å². The van der Waals surface area contributed by atoms with Gasteiger partial charge in [-0.25, -0.2) is 4.98 Å². The van der Waals surface area contributed by atoms with E-state index in [0.29, 0.717) is 11.6 Å². The molecular weight excluding hydrogens is 362 g/mol. The predicted octanol–water partition coefficient (Wildman–Crippen LogP) is 2.06. The van der Waals surface area contributed by atoms with E-state index in [1.54, 1.807) is 38.4 Å². The van der Waals surface area contributed by atoms with Gasteiger partial charge in [0.05, 0.1) is 18.0 Å². The maximum atomic E-state index is 12.3. The maximum absolute atomic E-state index is 12.3. The van der Waals surface area contributed by atoms with Crippen LogP contribution in [0.5, 0.6) is 11.5 Å². The summed E-state index contributed by atoms with van der Waals surface area (Å²) in [6.07, 6.45) is 3.27. The fourth-order valence-corrected chi connectivity index (χ4v) is 2.26. The molecule has 0 unspecified atom stereocenters. The van der Waals surface area contributed by atoms with E-state index < -0.39 is 11.9 Å². The lowest BCUT2D eigenvalue weighted by Gasteiger charge is -2.09. The molecule has 3 rings (SSSR count). The van der Waals surface area contributed by atoms with Gasteiger partial charge in [0.1, 0.15) is 17.3 Å². The number of pyridine rings is 1. The molecule has 1 amide bonds. The molecule has 0 aliphatic heterocycles. The first-order valence-electron chi connectivity index (χ1n) is 8.58. The molecule has 9 nitrogen and oxygen atoms in total. The molecule has 0 radical (unpaired) electrons. The molecule has 0 aliphatic carbocycles. The Balaban J connectivity index is 1.62.